The number of ether oxygens (including phenoxy) is 2. The molecule has 1 heterocycles. The molecule has 1 saturated carbocycles. The van der Waals surface area contributed by atoms with E-state index in [1.54, 1.807) is 19.2 Å². The Morgan fingerprint density at radius 2 is 1.97 bits per heavy atom. The first-order chi connectivity index (χ1) is 14.0. The lowest BCUT2D eigenvalue weighted by atomic mass is 9.54. The van der Waals surface area contributed by atoms with Crippen molar-refractivity contribution in [1.29, 1.82) is 21.2 Å². The van der Waals surface area contributed by atoms with Crippen molar-refractivity contribution in [3.63, 3.8) is 0 Å². The monoisotopic (exact) mass is 390 g/mol. The van der Waals surface area contributed by atoms with Crippen molar-refractivity contribution in [2.24, 2.45) is 17.3 Å². The molecule has 0 amide bonds. The van der Waals surface area contributed by atoms with Crippen molar-refractivity contribution in [1.82, 2.24) is 0 Å². The number of hydrogen-bond donors (Lipinski definition) is 2. The predicted molar refractivity (Wildman–Crippen MR) is 106 cm³/mol. The van der Waals surface area contributed by atoms with E-state index in [1.165, 1.54) is 4.90 Å². The summed E-state index contributed by atoms with van der Waals surface area (Å²) in [5.41, 5.74) is -0.259. The molecule has 148 valence electrons. The van der Waals surface area contributed by atoms with E-state index in [2.05, 4.69) is 18.2 Å². The number of likely N-dealkylation sites (N-methyl/N-ethyl adjacent to an activating group) is 1. The molecule has 0 bridgehead atoms. The summed E-state index contributed by atoms with van der Waals surface area (Å²) in [6.07, 6.45) is 2.00. The first-order valence-corrected chi connectivity index (χ1v) is 9.60. The minimum Gasteiger partial charge on any atom is -0.493 e. The number of nitriles is 3. The first kappa shape index (κ1) is 20.4. The van der Waals surface area contributed by atoms with Gasteiger partial charge in [-0.05, 0) is 36.3 Å². The maximum absolute atomic E-state index is 10.1. The normalized spacial score (nSPS) is 27.4. The second-order valence-corrected chi connectivity index (χ2v) is 7.50. The van der Waals surface area contributed by atoms with Crippen molar-refractivity contribution < 1.29 is 14.4 Å². The molecular formula is C22H24N5O2+. The number of fused-ring (bicyclic) bond motifs is 1. The topological polar surface area (TPSA) is 118 Å². The summed E-state index contributed by atoms with van der Waals surface area (Å²) in [6.45, 7) is 3.80. The Balaban J connectivity index is 2.24. The van der Waals surface area contributed by atoms with Gasteiger partial charge in [-0.2, -0.15) is 15.8 Å². The molecule has 1 fully saturated rings. The molecule has 2 aliphatic rings. The summed E-state index contributed by atoms with van der Waals surface area (Å²) >= 11 is 0. The molecule has 0 spiro atoms. The molecule has 3 rings (SSSR count). The van der Waals surface area contributed by atoms with E-state index < -0.39 is 17.3 Å². The zero-order valence-corrected chi connectivity index (χ0v) is 16.8. The highest BCUT2D eigenvalue weighted by Gasteiger charge is 2.58. The van der Waals surface area contributed by atoms with E-state index in [1.807, 2.05) is 26.1 Å². The van der Waals surface area contributed by atoms with Crippen LogP contribution in [-0.2, 0) is 0 Å². The van der Waals surface area contributed by atoms with Gasteiger partial charge in [0.2, 0.25) is 0 Å². The summed E-state index contributed by atoms with van der Waals surface area (Å²) in [5.74, 6) is -0.496. The fourth-order valence-corrected chi connectivity index (χ4v) is 4.58. The number of benzene rings is 1. The molecule has 0 radical (unpaired) electrons. The third-order valence-electron chi connectivity index (χ3n) is 5.93. The number of rotatable bonds is 4. The lowest BCUT2D eigenvalue weighted by molar-refractivity contribution is -0.878. The predicted octanol–water partition coefficient (Wildman–Crippen LogP) is 1.46. The van der Waals surface area contributed by atoms with Gasteiger partial charge < -0.3 is 19.8 Å². The Bertz CT molecular complexity index is 964. The van der Waals surface area contributed by atoms with E-state index in [9.17, 15) is 15.8 Å². The lowest BCUT2D eigenvalue weighted by Crippen LogP contribution is -3.10. The fourth-order valence-electron chi connectivity index (χ4n) is 4.58. The Labute approximate surface area is 170 Å². The largest absolute Gasteiger partial charge is 0.493 e. The van der Waals surface area contributed by atoms with Gasteiger partial charge in [0, 0.05) is 11.8 Å². The van der Waals surface area contributed by atoms with Crippen LogP contribution in [0.4, 0.5) is 0 Å². The van der Waals surface area contributed by atoms with E-state index in [0.29, 0.717) is 24.7 Å². The maximum atomic E-state index is 10.1. The van der Waals surface area contributed by atoms with Gasteiger partial charge in [-0.3, -0.25) is 0 Å². The molecule has 0 aromatic heterocycles. The third kappa shape index (κ3) is 3.12. The zero-order chi connectivity index (χ0) is 21.2. The summed E-state index contributed by atoms with van der Waals surface area (Å²) in [4.78, 5) is 1.23. The summed E-state index contributed by atoms with van der Waals surface area (Å²) < 4.78 is 11.1. The molecule has 29 heavy (non-hydrogen) atoms. The average Bonchev–Trinajstić information content (AvgIpc) is 2.74. The van der Waals surface area contributed by atoms with Crippen LogP contribution in [0.1, 0.15) is 18.4 Å². The minimum atomic E-state index is -1.71. The zero-order valence-electron chi connectivity index (χ0n) is 16.8. The number of nitrogens with zero attached hydrogens (tertiary/aromatic N) is 3. The van der Waals surface area contributed by atoms with Crippen LogP contribution in [0, 0.1) is 56.7 Å². The second kappa shape index (κ2) is 7.95. The SMILES string of the molecule is CCOc1ccc([C@@H]2[C@H]3C[NH+](C)CC=C3[C@@H](C#N)C(=N)C2(C#N)C#N)cc1OC. The second-order valence-electron chi connectivity index (χ2n) is 7.50. The molecule has 1 unspecified atom stereocenters. The Kier molecular flexibility index (Phi) is 5.59. The van der Waals surface area contributed by atoms with E-state index in [0.717, 1.165) is 17.7 Å². The van der Waals surface area contributed by atoms with Crippen LogP contribution in [-0.4, -0.2) is 39.6 Å². The quantitative estimate of drug-likeness (QED) is 0.755. The Morgan fingerprint density at radius 3 is 2.55 bits per heavy atom. The summed E-state index contributed by atoms with van der Waals surface area (Å²) in [6, 6.07) is 11.8. The Morgan fingerprint density at radius 1 is 1.24 bits per heavy atom. The number of hydrogen-bond acceptors (Lipinski definition) is 6. The van der Waals surface area contributed by atoms with Crippen LogP contribution in [0.2, 0.25) is 0 Å². The van der Waals surface area contributed by atoms with Gasteiger partial charge in [-0.1, -0.05) is 6.07 Å². The summed E-state index contributed by atoms with van der Waals surface area (Å²) in [5, 5.41) is 38.5. The van der Waals surface area contributed by atoms with Crippen LogP contribution in [0.3, 0.4) is 0 Å². The standard InChI is InChI=1S/C22H23N5O2/c1-4-29-18-6-5-14(9-19(18)28-3)20-17-11-27(2)8-7-15(17)16(10-23)21(26)22(20,12-24)13-25/h5-7,9,16-17,20,26H,4,8,11H2,1-3H3/p+1/t16-,17+,20-/m1/s1. The van der Waals surface area contributed by atoms with Gasteiger partial charge in [0.1, 0.15) is 5.92 Å². The third-order valence-corrected chi connectivity index (χ3v) is 5.93. The molecule has 1 aromatic rings. The van der Waals surface area contributed by atoms with Crippen LogP contribution < -0.4 is 14.4 Å². The molecule has 7 nitrogen and oxygen atoms in total. The Hall–Kier alpha value is -3.34. The molecule has 0 saturated heterocycles. The minimum absolute atomic E-state index is 0.134. The van der Waals surface area contributed by atoms with E-state index in [4.69, 9.17) is 14.9 Å². The maximum Gasteiger partial charge on any atom is 0.189 e. The van der Waals surface area contributed by atoms with Crippen molar-refractivity contribution in [2.45, 2.75) is 12.8 Å². The molecule has 7 heteroatoms. The lowest BCUT2D eigenvalue weighted by Gasteiger charge is -2.46. The highest BCUT2D eigenvalue weighted by Crippen LogP contribution is 2.53. The fraction of sp³-hybridized carbons (Fsp3) is 0.455. The number of quaternary nitrogens is 1. The van der Waals surface area contributed by atoms with Gasteiger partial charge in [-0.15, -0.1) is 0 Å². The molecule has 4 atom stereocenters. The van der Waals surface area contributed by atoms with Crippen molar-refractivity contribution in [2.75, 3.05) is 33.9 Å². The highest BCUT2D eigenvalue weighted by molar-refractivity contribution is 6.00. The molecule has 2 N–H and O–H groups in total. The first-order valence-electron chi connectivity index (χ1n) is 9.60. The average molecular weight is 390 g/mol. The van der Waals surface area contributed by atoms with Crippen LogP contribution in [0.15, 0.2) is 29.8 Å². The van der Waals surface area contributed by atoms with Gasteiger partial charge >= 0.3 is 0 Å². The van der Waals surface area contributed by atoms with Crippen LogP contribution in [0.25, 0.3) is 0 Å². The van der Waals surface area contributed by atoms with Crippen LogP contribution in [0.5, 0.6) is 11.5 Å². The van der Waals surface area contributed by atoms with Gasteiger partial charge in [-0.25, -0.2) is 0 Å². The number of nitrogens with one attached hydrogen (secondary N) is 2. The van der Waals surface area contributed by atoms with Crippen LogP contribution >= 0.6 is 0 Å². The molecule has 1 aromatic carbocycles. The molecule has 1 aliphatic heterocycles. The van der Waals surface area contributed by atoms with Crippen molar-refractivity contribution >= 4 is 5.71 Å². The smallest absolute Gasteiger partial charge is 0.189 e. The van der Waals surface area contributed by atoms with Gasteiger partial charge in [0.15, 0.2) is 16.9 Å². The van der Waals surface area contributed by atoms with Crippen molar-refractivity contribution in [3.05, 3.63) is 35.4 Å². The van der Waals surface area contributed by atoms with Gasteiger partial charge in [0.05, 0.1) is 57.8 Å². The highest BCUT2D eigenvalue weighted by atomic mass is 16.5. The van der Waals surface area contributed by atoms with E-state index >= 15 is 0 Å². The number of methoxy groups -OCH3 is 1. The van der Waals surface area contributed by atoms with Gasteiger partial charge in [0.25, 0.3) is 0 Å². The summed E-state index contributed by atoms with van der Waals surface area (Å²) in [7, 11) is 3.59. The molecule has 1 aliphatic carbocycles. The van der Waals surface area contributed by atoms with E-state index in [-0.39, 0.29) is 11.6 Å². The van der Waals surface area contributed by atoms with Crippen molar-refractivity contribution in [3.8, 4) is 29.7 Å². The molecular weight excluding hydrogens is 366 g/mol.